The average Bonchev–Trinajstić information content (AvgIpc) is 2.96. The lowest BCUT2D eigenvalue weighted by molar-refractivity contribution is 0.239. The zero-order chi connectivity index (χ0) is 25.3. The first kappa shape index (κ1) is 25.5. The lowest BCUT2D eigenvalue weighted by Gasteiger charge is -2.36. The highest BCUT2D eigenvalue weighted by atomic mass is 16.5. The SMILES string of the molecule is O=c1c(OCCC2CCCCC2)c(N2CCN(CCCc3ccccc3)CC2)cnn1-c1ccccc1. The number of aromatic nitrogens is 2. The maximum atomic E-state index is 13.6. The highest BCUT2D eigenvalue weighted by Gasteiger charge is 2.24. The molecule has 196 valence electrons. The summed E-state index contributed by atoms with van der Waals surface area (Å²) in [5, 5.41) is 4.55. The van der Waals surface area contributed by atoms with Crippen LogP contribution in [0.25, 0.3) is 5.69 Å². The van der Waals surface area contributed by atoms with Gasteiger partial charge in [-0.3, -0.25) is 9.69 Å². The Morgan fingerprint density at radius 2 is 1.57 bits per heavy atom. The second kappa shape index (κ2) is 12.9. The van der Waals surface area contributed by atoms with E-state index in [0.29, 0.717) is 12.4 Å². The molecule has 37 heavy (non-hydrogen) atoms. The van der Waals surface area contributed by atoms with Crippen molar-refractivity contribution in [2.24, 2.45) is 5.92 Å². The maximum Gasteiger partial charge on any atom is 0.316 e. The number of rotatable bonds is 10. The highest BCUT2D eigenvalue weighted by molar-refractivity contribution is 5.57. The fourth-order valence-electron chi connectivity index (χ4n) is 5.71. The molecule has 2 aromatic carbocycles. The molecule has 1 saturated carbocycles. The summed E-state index contributed by atoms with van der Waals surface area (Å²) >= 11 is 0. The topological polar surface area (TPSA) is 50.6 Å². The Kier molecular flexibility index (Phi) is 8.91. The van der Waals surface area contributed by atoms with Gasteiger partial charge in [-0.2, -0.15) is 9.78 Å². The van der Waals surface area contributed by atoms with Crippen LogP contribution < -0.4 is 15.2 Å². The quantitative estimate of drug-likeness (QED) is 0.376. The third kappa shape index (κ3) is 6.80. The number of piperazine rings is 1. The molecule has 1 aliphatic heterocycles. The van der Waals surface area contributed by atoms with Crippen molar-refractivity contribution in [3.63, 3.8) is 0 Å². The van der Waals surface area contributed by atoms with Gasteiger partial charge in [0.25, 0.3) is 0 Å². The van der Waals surface area contributed by atoms with E-state index in [-0.39, 0.29) is 5.56 Å². The van der Waals surface area contributed by atoms with Gasteiger partial charge in [0.15, 0.2) is 0 Å². The second-order valence-electron chi connectivity index (χ2n) is 10.5. The summed E-state index contributed by atoms with van der Waals surface area (Å²) in [5.74, 6) is 1.17. The maximum absolute atomic E-state index is 13.6. The molecule has 0 N–H and O–H groups in total. The van der Waals surface area contributed by atoms with E-state index in [1.54, 1.807) is 0 Å². The summed E-state index contributed by atoms with van der Waals surface area (Å²) < 4.78 is 7.77. The van der Waals surface area contributed by atoms with Gasteiger partial charge in [-0.05, 0) is 49.4 Å². The van der Waals surface area contributed by atoms with E-state index in [1.807, 2.05) is 36.5 Å². The molecule has 5 rings (SSSR count). The summed E-state index contributed by atoms with van der Waals surface area (Å²) in [7, 11) is 0. The molecular formula is C31H40N4O2. The lowest BCUT2D eigenvalue weighted by atomic mass is 9.87. The van der Waals surface area contributed by atoms with Crippen molar-refractivity contribution in [2.45, 2.75) is 51.4 Å². The van der Waals surface area contributed by atoms with Crippen molar-refractivity contribution in [1.82, 2.24) is 14.7 Å². The lowest BCUT2D eigenvalue weighted by Crippen LogP contribution is -2.47. The zero-order valence-corrected chi connectivity index (χ0v) is 21.9. The third-order valence-electron chi connectivity index (χ3n) is 7.91. The summed E-state index contributed by atoms with van der Waals surface area (Å²) in [5.41, 5.74) is 2.84. The van der Waals surface area contributed by atoms with Crippen LogP contribution in [-0.2, 0) is 6.42 Å². The minimum atomic E-state index is -0.169. The van der Waals surface area contributed by atoms with E-state index >= 15 is 0 Å². The fraction of sp³-hybridized carbons (Fsp3) is 0.484. The molecule has 6 nitrogen and oxygen atoms in total. The summed E-state index contributed by atoms with van der Waals surface area (Å²) in [6, 6.07) is 20.3. The normalized spacial score (nSPS) is 17.1. The van der Waals surface area contributed by atoms with Gasteiger partial charge in [0.2, 0.25) is 5.75 Å². The molecule has 0 bridgehead atoms. The van der Waals surface area contributed by atoms with E-state index in [1.165, 1.54) is 42.3 Å². The fourth-order valence-corrected chi connectivity index (χ4v) is 5.71. The molecule has 1 aliphatic carbocycles. The van der Waals surface area contributed by atoms with E-state index < -0.39 is 0 Å². The molecule has 2 aliphatic rings. The molecule has 0 amide bonds. The molecule has 0 atom stereocenters. The number of ether oxygens (including phenoxy) is 1. The molecule has 3 aromatic rings. The van der Waals surface area contributed by atoms with Crippen LogP contribution >= 0.6 is 0 Å². The Balaban J connectivity index is 1.24. The number of nitrogens with zero attached hydrogens (tertiary/aromatic N) is 4. The number of aryl methyl sites for hydroxylation is 1. The van der Waals surface area contributed by atoms with Crippen LogP contribution in [0.5, 0.6) is 5.75 Å². The van der Waals surface area contributed by atoms with Crippen molar-refractivity contribution in [2.75, 3.05) is 44.2 Å². The van der Waals surface area contributed by atoms with Crippen LogP contribution in [-0.4, -0.2) is 54.0 Å². The average molecular weight is 501 g/mol. The van der Waals surface area contributed by atoms with Crippen molar-refractivity contribution in [3.8, 4) is 11.4 Å². The number of hydrogen-bond donors (Lipinski definition) is 0. The third-order valence-corrected chi connectivity index (χ3v) is 7.91. The molecule has 1 aromatic heterocycles. The first-order valence-corrected chi connectivity index (χ1v) is 14.1. The Bertz CT molecular complexity index is 1150. The molecular weight excluding hydrogens is 460 g/mol. The monoisotopic (exact) mass is 500 g/mol. The summed E-state index contributed by atoms with van der Waals surface area (Å²) in [4.78, 5) is 18.4. The van der Waals surface area contributed by atoms with Crippen LogP contribution in [0.2, 0.25) is 0 Å². The van der Waals surface area contributed by atoms with Crippen LogP contribution in [0, 0.1) is 5.92 Å². The minimum Gasteiger partial charge on any atom is -0.486 e. The van der Waals surface area contributed by atoms with Gasteiger partial charge in [0.05, 0.1) is 18.5 Å². The van der Waals surface area contributed by atoms with Crippen LogP contribution in [0.4, 0.5) is 5.69 Å². The molecule has 0 spiro atoms. The van der Waals surface area contributed by atoms with Crippen molar-refractivity contribution in [3.05, 3.63) is 82.8 Å². The van der Waals surface area contributed by atoms with Gasteiger partial charge >= 0.3 is 5.56 Å². The first-order valence-electron chi connectivity index (χ1n) is 14.1. The Labute approximate surface area is 220 Å². The molecule has 0 radical (unpaired) electrons. The van der Waals surface area contributed by atoms with Crippen LogP contribution in [0.15, 0.2) is 71.7 Å². The highest BCUT2D eigenvalue weighted by Crippen LogP contribution is 2.29. The molecule has 1 saturated heterocycles. The molecule has 2 heterocycles. The number of anilines is 1. The Morgan fingerprint density at radius 1 is 0.865 bits per heavy atom. The molecule has 2 fully saturated rings. The van der Waals surface area contributed by atoms with Gasteiger partial charge in [0, 0.05) is 26.2 Å². The van der Waals surface area contributed by atoms with E-state index in [4.69, 9.17) is 4.74 Å². The minimum absolute atomic E-state index is 0.169. The molecule has 6 heteroatoms. The second-order valence-corrected chi connectivity index (χ2v) is 10.5. The van der Waals surface area contributed by atoms with Gasteiger partial charge < -0.3 is 9.64 Å². The van der Waals surface area contributed by atoms with Crippen LogP contribution in [0.3, 0.4) is 0 Å². The predicted molar refractivity (Wildman–Crippen MR) is 150 cm³/mol. The predicted octanol–water partition coefficient (Wildman–Crippen LogP) is 5.34. The molecule has 0 unspecified atom stereocenters. The zero-order valence-electron chi connectivity index (χ0n) is 21.9. The first-order chi connectivity index (χ1) is 18.3. The largest absolute Gasteiger partial charge is 0.486 e. The van der Waals surface area contributed by atoms with Crippen molar-refractivity contribution < 1.29 is 4.74 Å². The van der Waals surface area contributed by atoms with Gasteiger partial charge in [-0.15, -0.1) is 0 Å². The number of para-hydroxylation sites is 1. The van der Waals surface area contributed by atoms with E-state index in [9.17, 15) is 4.79 Å². The van der Waals surface area contributed by atoms with Gasteiger partial charge in [0.1, 0.15) is 5.69 Å². The Morgan fingerprint density at radius 3 is 2.30 bits per heavy atom. The van der Waals surface area contributed by atoms with Gasteiger partial charge in [-0.1, -0.05) is 80.6 Å². The summed E-state index contributed by atoms with van der Waals surface area (Å²) in [6.07, 6.45) is 11.7. The van der Waals surface area contributed by atoms with E-state index in [2.05, 4.69) is 45.2 Å². The Hall–Kier alpha value is -3.12. The van der Waals surface area contributed by atoms with E-state index in [0.717, 1.165) is 69.3 Å². The van der Waals surface area contributed by atoms with Crippen molar-refractivity contribution >= 4 is 5.69 Å². The standard InChI is InChI=1S/C31H40N4O2/c36-31-30(37-24-18-27-13-6-2-7-14-27)29(25-32-35(31)28-16-8-3-9-17-28)34-22-20-33(21-23-34)19-10-15-26-11-4-1-5-12-26/h1,3-5,8-9,11-12,16-17,25,27H,2,6-7,10,13-15,18-24H2. The summed E-state index contributed by atoms with van der Waals surface area (Å²) in [6.45, 7) is 5.41. The smallest absolute Gasteiger partial charge is 0.316 e. The van der Waals surface area contributed by atoms with Gasteiger partial charge in [-0.25, -0.2) is 0 Å². The van der Waals surface area contributed by atoms with Crippen molar-refractivity contribution in [1.29, 1.82) is 0 Å². The number of benzene rings is 2. The number of hydrogen-bond acceptors (Lipinski definition) is 5. The van der Waals surface area contributed by atoms with Crippen LogP contribution in [0.1, 0.15) is 50.5 Å².